The molecule has 6 heteroatoms. The van der Waals surface area contributed by atoms with Crippen molar-refractivity contribution in [1.82, 2.24) is 5.32 Å². The second kappa shape index (κ2) is 8.61. The predicted octanol–water partition coefficient (Wildman–Crippen LogP) is 2.49. The van der Waals surface area contributed by atoms with Crippen molar-refractivity contribution >= 4 is 23.2 Å². The first-order valence-corrected chi connectivity index (χ1v) is 6.73. The molecule has 0 heterocycles. The SMILES string of the molecule is COCC(O)CCNCc1cc(Cl)cc(Cl)c1OC. The van der Waals surface area contributed by atoms with E-state index in [2.05, 4.69) is 5.32 Å². The minimum Gasteiger partial charge on any atom is -0.495 e. The number of hydrogen-bond acceptors (Lipinski definition) is 4. The van der Waals surface area contributed by atoms with E-state index in [0.29, 0.717) is 41.9 Å². The molecule has 0 aliphatic heterocycles. The monoisotopic (exact) mass is 307 g/mol. The standard InChI is InChI=1S/C13H19Cl2NO3/c1-18-8-11(17)3-4-16-7-9-5-10(14)6-12(15)13(9)19-2/h5-6,11,16-17H,3-4,7-8H2,1-2H3. The van der Waals surface area contributed by atoms with E-state index in [1.165, 1.54) is 0 Å². The quantitative estimate of drug-likeness (QED) is 0.725. The zero-order valence-electron chi connectivity index (χ0n) is 11.1. The molecule has 0 bridgehead atoms. The third-order valence-corrected chi connectivity index (χ3v) is 3.12. The smallest absolute Gasteiger partial charge is 0.142 e. The van der Waals surface area contributed by atoms with E-state index in [4.69, 9.17) is 32.7 Å². The molecule has 0 amide bonds. The lowest BCUT2D eigenvalue weighted by Gasteiger charge is -2.13. The highest BCUT2D eigenvalue weighted by atomic mass is 35.5. The fourth-order valence-electron chi connectivity index (χ4n) is 1.74. The molecule has 1 rings (SSSR count). The van der Waals surface area contributed by atoms with Crippen molar-refractivity contribution < 1.29 is 14.6 Å². The van der Waals surface area contributed by atoms with Gasteiger partial charge in [0.2, 0.25) is 0 Å². The maximum absolute atomic E-state index is 9.50. The van der Waals surface area contributed by atoms with Crippen molar-refractivity contribution in [3.63, 3.8) is 0 Å². The molecule has 0 aliphatic carbocycles. The molecule has 0 aliphatic rings. The van der Waals surface area contributed by atoms with Crippen LogP contribution in [0.1, 0.15) is 12.0 Å². The molecular weight excluding hydrogens is 289 g/mol. The van der Waals surface area contributed by atoms with Gasteiger partial charge in [0.1, 0.15) is 5.75 Å². The van der Waals surface area contributed by atoms with Crippen molar-refractivity contribution in [2.45, 2.75) is 19.1 Å². The number of methoxy groups -OCH3 is 2. The molecule has 19 heavy (non-hydrogen) atoms. The van der Waals surface area contributed by atoms with Gasteiger partial charge in [0, 0.05) is 24.2 Å². The number of aliphatic hydroxyl groups excluding tert-OH is 1. The molecule has 0 spiro atoms. The number of nitrogens with one attached hydrogen (secondary N) is 1. The first kappa shape index (κ1) is 16.5. The van der Waals surface area contributed by atoms with E-state index in [0.717, 1.165) is 5.56 Å². The van der Waals surface area contributed by atoms with Crippen LogP contribution in [0.5, 0.6) is 5.75 Å². The molecule has 1 aromatic carbocycles. The van der Waals surface area contributed by atoms with Crippen LogP contribution in [-0.4, -0.2) is 38.6 Å². The van der Waals surface area contributed by atoms with E-state index in [9.17, 15) is 5.11 Å². The molecule has 0 aromatic heterocycles. The largest absolute Gasteiger partial charge is 0.495 e. The summed E-state index contributed by atoms with van der Waals surface area (Å²) >= 11 is 12.0. The van der Waals surface area contributed by atoms with Crippen LogP contribution >= 0.6 is 23.2 Å². The van der Waals surface area contributed by atoms with Gasteiger partial charge in [-0.3, -0.25) is 0 Å². The van der Waals surface area contributed by atoms with Gasteiger partial charge in [-0.05, 0) is 25.1 Å². The van der Waals surface area contributed by atoms with Crippen LogP contribution in [0.4, 0.5) is 0 Å². The van der Waals surface area contributed by atoms with Gasteiger partial charge in [-0.2, -0.15) is 0 Å². The predicted molar refractivity (Wildman–Crippen MR) is 77.2 cm³/mol. The van der Waals surface area contributed by atoms with E-state index >= 15 is 0 Å². The highest BCUT2D eigenvalue weighted by molar-refractivity contribution is 6.35. The van der Waals surface area contributed by atoms with E-state index in [-0.39, 0.29) is 0 Å². The first-order valence-electron chi connectivity index (χ1n) is 5.98. The lowest BCUT2D eigenvalue weighted by Crippen LogP contribution is -2.23. The summed E-state index contributed by atoms with van der Waals surface area (Å²) in [5.74, 6) is 0.621. The van der Waals surface area contributed by atoms with Crippen LogP contribution in [0.3, 0.4) is 0 Å². The molecule has 0 radical (unpaired) electrons. The topological polar surface area (TPSA) is 50.7 Å². The molecule has 108 valence electrons. The zero-order chi connectivity index (χ0) is 14.3. The number of rotatable bonds is 8. The van der Waals surface area contributed by atoms with Gasteiger partial charge in [-0.1, -0.05) is 23.2 Å². The lowest BCUT2D eigenvalue weighted by atomic mass is 10.2. The van der Waals surface area contributed by atoms with Crippen LogP contribution in [-0.2, 0) is 11.3 Å². The Kier molecular flexibility index (Phi) is 7.49. The van der Waals surface area contributed by atoms with Crippen molar-refractivity contribution in [2.75, 3.05) is 27.4 Å². The minimum absolute atomic E-state index is 0.341. The average Bonchev–Trinajstić information content (AvgIpc) is 2.34. The van der Waals surface area contributed by atoms with Gasteiger partial charge in [-0.25, -0.2) is 0 Å². The van der Waals surface area contributed by atoms with Crippen LogP contribution in [0.2, 0.25) is 10.0 Å². The number of hydrogen-bond donors (Lipinski definition) is 2. The fourth-order valence-corrected chi connectivity index (χ4v) is 2.35. The summed E-state index contributed by atoms with van der Waals surface area (Å²) in [5, 5.41) is 13.8. The highest BCUT2D eigenvalue weighted by Gasteiger charge is 2.10. The Hall–Kier alpha value is -0.520. The van der Waals surface area contributed by atoms with Crippen molar-refractivity contribution in [1.29, 1.82) is 0 Å². The number of halogens is 2. The highest BCUT2D eigenvalue weighted by Crippen LogP contribution is 2.31. The average molecular weight is 308 g/mol. The molecule has 2 N–H and O–H groups in total. The summed E-state index contributed by atoms with van der Waals surface area (Å²) in [6.07, 6.45) is 0.159. The summed E-state index contributed by atoms with van der Waals surface area (Å²) < 4.78 is 10.1. The summed E-state index contributed by atoms with van der Waals surface area (Å²) in [5.41, 5.74) is 0.890. The van der Waals surface area contributed by atoms with Crippen molar-refractivity contribution in [3.05, 3.63) is 27.7 Å². The molecule has 0 saturated carbocycles. The molecule has 0 saturated heterocycles. The van der Waals surface area contributed by atoms with Gasteiger partial charge in [0.25, 0.3) is 0 Å². The molecule has 1 aromatic rings. The van der Waals surface area contributed by atoms with Crippen LogP contribution in [0.25, 0.3) is 0 Å². The Morgan fingerprint density at radius 3 is 2.68 bits per heavy atom. The third kappa shape index (κ3) is 5.55. The summed E-state index contributed by atoms with van der Waals surface area (Å²) in [6.45, 7) is 1.58. The van der Waals surface area contributed by atoms with E-state index in [1.54, 1.807) is 20.3 Å². The Balaban J connectivity index is 2.49. The second-order valence-electron chi connectivity index (χ2n) is 4.15. The fraction of sp³-hybridized carbons (Fsp3) is 0.538. The Bertz CT molecular complexity index is 402. The van der Waals surface area contributed by atoms with Crippen molar-refractivity contribution in [3.8, 4) is 5.75 Å². The summed E-state index contributed by atoms with van der Waals surface area (Å²) in [7, 11) is 3.14. The maximum atomic E-state index is 9.50. The second-order valence-corrected chi connectivity index (χ2v) is 5.00. The maximum Gasteiger partial charge on any atom is 0.142 e. The van der Waals surface area contributed by atoms with Crippen LogP contribution in [0.15, 0.2) is 12.1 Å². The van der Waals surface area contributed by atoms with E-state index < -0.39 is 6.10 Å². The van der Waals surface area contributed by atoms with Gasteiger partial charge in [-0.15, -0.1) is 0 Å². The van der Waals surface area contributed by atoms with E-state index in [1.807, 2.05) is 6.07 Å². The molecule has 4 nitrogen and oxygen atoms in total. The van der Waals surface area contributed by atoms with Crippen LogP contribution < -0.4 is 10.1 Å². The Labute approximate surface area is 123 Å². The third-order valence-electron chi connectivity index (χ3n) is 2.62. The summed E-state index contributed by atoms with van der Waals surface area (Å²) in [6, 6.07) is 3.46. The van der Waals surface area contributed by atoms with Gasteiger partial charge in [0.15, 0.2) is 0 Å². The Morgan fingerprint density at radius 2 is 2.05 bits per heavy atom. The van der Waals surface area contributed by atoms with Gasteiger partial charge >= 0.3 is 0 Å². The molecular formula is C13H19Cl2NO3. The number of benzene rings is 1. The number of aliphatic hydroxyl groups is 1. The minimum atomic E-state index is -0.456. The number of ether oxygens (including phenoxy) is 2. The van der Waals surface area contributed by atoms with Crippen LogP contribution in [0, 0.1) is 0 Å². The van der Waals surface area contributed by atoms with Gasteiger partial charge < -0.3 is 19.9 Å². The van der Waals surface area contributed by atoms with Crippen molar-refractivity contribution in [2.24, 2.45) is 0 Å². The molecule has 1 unspecified atom stereocenters. The first-order chi connectivity index (χ1) is 9.08. The Morgan fingerprint density at radius 1 is 1.32 bits per heavy atom. The normalized spacial score (nSPS) is 12.5. The lowest BCUT2D eigenvalue weighted by molar-refractivity contribution is 0.0594. The van der Waals surface area contributed by atoms with Gasteiger partial charge in [0.05, 0.1) is 24.8 Å². The molecule has 0 fully saturated rings. The summed E-state index contributed by atoms with van der Waals surface area (Å²) in [4.78, 5) is 0. The molecule has 1 atom stereocenters. The zero-order valence-corrected chi connectivity index (χ0v) is 12.6.